The lowest BCUT2D eigenvalue weighted by molar-refractivity contribution is 0.479. The standard InChI is InChI=1S/C34H34N4O/c1-21(2)22-10-15-27-29(19-22)38(32-9-7-8-18-35-32)30-20-23(11-16-28(30)37(27)6)26-14-12-24-25(34(3,4)5)13-17-31(39)33(24)36-26/h7-21,39H,1-6H3/i3D3,4D3,5D3. The lowest BCUT2D eigenvalue weighted by Gasteiger charge is -2.38. The summed E-state index contributed by atoms with van der Waals surface area (Å²) in [7, 11) is 1.99. The van der Waals surface area contributed by atoms with E-state index in [0.29, 0.717) is 17.1 Å². The van der Waals surface area contributed by atoms with E-state index in [1.165, 1.54) is 6.07 Å². The minimum atomic E-state index is -3.46. The van der Waals surface area contributed by atoms with Crippen LogP contribution >= 0.6 is 0 Å². The summed E-state index contributed by atoms with van der Waals surface area (Å²) in [5.41, 5.74) is 2.03. The van der Waals surface area contributed by atoms with E-state index in [1.54, 1.807) is 12.3 Å². The minimum absolute atomic E-state index is 0.0786. The summed E-state index contributed by atoms with van der Waals surface area (Å²) in [6, 6.07) is 23.0. The zero-order chi connectivity index (χ0) is 35.0. The van der Waals surface area contributed by atoms with Crippen LogP contribution in [0.15, 0.2) is 85.1 Å². The first-order valence-corrected chi connectivity index (χ1v) is 12.7. The SMILES string of the molecule is [2H]C([2H])([2H])C(c1ccc(O)c2nc(-c3ccc4c(c3)N(c3ccccn3)c3cc(C(C)C)ccc3N4C)ccc12)(C([2H])([2H])[2H])C([2H])([2H])[2H]. The normalized spacial score (nSPS) is 17.5. The van der Waals surface area contributed by atoms with Gasteiger partial charge in [-0.15, -0.1) is 0 Å². The van der Waals surface area contributed by atoms with Crippen LogP contribution < -0.4 is 9.80 Å². The Bertz CT molecular complexity index is 1990. The highest BCUT2D eigenvalue weighted by molar-refractivity contribution is 5.99. The van der Waals surface area contributed by atoms with Gasteiger partial charge in [0, 0.05) is 36.5 Å². The van der Waals surface area contributed by atoms with Crippen LogP contribution in [-0.4, -0.2) is 22.1 Å². The summed E-state index contributed by atoms with van der Waals surface area (Å²) < 4.78 is 73.7. The number of hydrogen-bond acceptors (Lipinski definition) is 5. The molecular weight excluding hydrogens is 480 g/mol. The lowest BCUT2D eigenvalue weighted by atomic mass is 9.84. The highest BCUT2D eigenvalue weighted by atomic mass is 16.3. The molecule has 5 nitrogen and oxygen atoms in total. The Kier molecular flexibility index (Phi) is 3.87. The largest absolute Gasteiger partial charge is 0.506 e. The Labute approximate surface area is 243 Å². The van der Waals surface area contributed by atoms with Gasteiger partial charge in [0.1, 0.15) is 17.1 Å². The van der Waals surface area contributed by atoms with E-state index >= 15 is 0 Å². The summed E-state index contributed by atoms with van der Waals surface area (Å²) in [5.74, 6) is 0.641. The van der Waals surface area contributed by atoms with Crippen molar-refractivity contribution in [1.29, 1.82) is 0 Å². The van der Waals surface area contributed by atoms with Gasteiger partial charge in [-0.05, 0) is 71.0 Å². The molecule has 1 aliphatic heterocycles. The third-order valence-corrected chi connectivity index (χ3v) is 7.26. The second-order valence-corrected chi connectivity index (χ2v) is 10.2. The number of anilines is 5. The number of nitrogens with zero attached hydrogens (tertiary/aromatic N) is 4. The summed E-state index contributed by atoms with van der Waals surface area (Å²) in [6.07, 6.45) is 1.73. The van der Waals surface area contributed by atoms with Gasteiger partial charge >= 0.3 is 0 Å². The fourth-order valence-electron chi connectivity index (χ4n) is 5.19. The molecule has 39 heavy (non-hydrogen) atoms. The topological polar surface area (TPSA) is 52.5 Å². The molecule has 1 aliphatic rings. The van der Waals surface area contributed by atoms with E-state index in [9.17, 15) is 5.11 Å². The smallest absolute Gasteiger partial charge is 0.141 e. The van der Waals surface area contributed by atoms with Gasteiger partial charge in [-0.1, -0.05) is 64.7 Å². The third kappa shape index (κ3) is 4.19. The molecule has 3 aromatic carbocycles. The lowest BCUT2D eigenvalue weighted by Crippen LogP contribution is -2.25. The van der Waals surface area contributed by atoms with Crippen molar-refractivity contribution in [3.63, 3.8) is 0 Å². The zero-order valence-electron chi connectivity index (χ0n) is 30.9. The van der Waals surface area contributed by atoms with E-state index < -0.39 is 31.5 Å². The maximum Gasteiger partial charge on any atom is 0.141 e. The van der Waals surface area contributed by atoms with Crippen LogP contribution in [0.4, 0.5) is 28.6 Å². The number of fused-ring (bicyclic) bond motifs is 3. The van der Waals surface area contributed by atoms with Crippen LogP contribution in [0.25, 0.3) is 22.2 Å². The Morgan fingerprint density at radius 1 is 0.846 bits per heavy atom. The molecular formula is C34H34N4O. The van der Waals surface area contributed by atoms with Crippen molar-refractivity contribution in [3.8, 4) is 17.0 Å². The van der Waals surface area contributed by atoms with E-state index in [2.05, 4.69) is 51.8 Å². The number of phenols is 1. The van der Waals surface area contributed by atoms with Gasteiger partial charge < -0.3 is 10.0 Å². The molecule has 0 fully saturated rings. The minimum Gasteiger partial charge on any atom is -0.506 e. The fraction of sp³-hybridized carbons (Fsp3) is 0.235. The first kappa shape index (κ1) is 16.6. The van der Waals surface area contributed by atoms with E-state index in [-0.39, 0.29) is 22.6 Å². The predicted octanol–water partition coefficient (Wildman–Crippen LogP) is 8.97. The molecule has 0 amide bonds. The van der Waals surface area contributed by atoms with Gasteiger partial charge in [0.2, 0.25) is 0 Å². The molecule has 0 unspecified atom stereocenters. The third-order valence-electron chi connectivity index (χ3n) is 7.26. The van der Waals surface area contributed by atoms with E-state index in [0.717, 1.165) is 40.4 Å². The molecule has 0 spiro atoms. The van der Waals surface area contributed by atoms with Gasteiger partial charge in [-0.25, -0.2) is 9.97 Å². The highest BCUT2D eigenvalue weighted by Gasteiger charge is 2.29. The highest BCUT2D eigenvalue weighted by Crippen LogP contribution is 2.51. The van der Waals surface area contributed by atoms with Crippen molar-refractivity contribution in [2.24, 2.45) is 0 Å². The van der Waals surface area contributed by atoms with Gasteiger partial charge in [0.25, 0.3) is 0 Å². The molecule has 196 valence electrons. The molecule has 0 saturated carbocycles. The van der Waals surface area contributed by atoms with Crippen LogP contribution in [0.1, 0.15) is 63.8 Å². The molecule has 0 atom stereocenters. The van der Waals surface area contributed by atoms with Gasteiger partial charge in [0.05, 0.1) is 28.4 Å². The number of aromatic nitrogens is 2. The molecule has 0 saturated heterocycles. The first-order chi connectivity index (χ1) is 22.4. The van der Waals surface area contributed by atoms with Crippen LogP contribution in [0.5, 0.6) is 5.75 Å². The van der Waals surface area contributed by atoms with Crippen LogP contribution in [0, 0.1) is 0 Å². The van der Waals surface area contributed by atoms with Crippen LogP contribution in [0.2, 0.25) is 0 Å². The van der Waals surface area contributed by atoms with Crippen LogP contribution in [0.3, 0.4) is 0 Å². The molecule has 5 aromatic rings. The van der Waals surface area contributed by atoms with Crippen molar-refractivity contribution in [2.75, 3.05) is 16.8 Å². The molecule has 2 aromatic heterocycles. The monoisotopic (exact) mass is 523 g/mol. The summed E-state index contributed by atoms with van der Waals surface area (Å²) in [6.45, 7) is -6.11. The molecule has 5 heteroatoms. The second-order valence-electron chi connectivity index (χ2n) is 10.2. The first-order valence-electron chi connectivity index (χ1n) is 17.2. The summed E-state index contributed by atoms with van der Waals surface area (Å²) in [4.78, 5) is 13.5. The predicted molar refractivity (Wildman–Crippen MR) is 162 cm³/mol. The van der Waals surface area contributed by atoms with Gasteiger partial charge in [-0.2, -0.15) is 0 Å². The van der Waals surface area contributed by atoms with Crippen molar-refractivity contribution in [1.82, 2.24) is 9.97 Å². The fourth-order valence-corrected chi connectivity index (χ4v) is 5.19. The Morgan fingerprint density at radius 3 is 2.33 bits per heavy atom. The van der Waals surface area contributed by atoms with E-state index in [1.807, 2.05) is 43.4 Å². The van der Waals surface area contributed by atoms with Crippen molar-refractivity contribution in [2.45, 2.75) is 45.7 Å². The van der Waals surface area contributed by atoms with Crippen molar-refractivity contribution in [3.05, 3.63) is 96.2 Å². The number of hydrogen-bond donors (Lipinski definition) is 1. The Hall–Kier alpha value is -4.38. The maximum atomic E-state index is 10.9. The Morgan fingerprint density at radius 2 is 1.62 bits per heavy atom. The molecule has 0 aliphatic carbocycles. The summed E-state index contributed by atoms with van der Waals surface area (Å²) >= 11 is 0. The average molecular weight is 524 g/mol. The molecule has 0 radical (unpaired) electrons. The number of benzene rings is 3. The molecule has 0 bridgehead atoms. The Balaban J connectivity index is 1.57. The quantitative estimate of drug-likeness (QED) is 0.256. The van der Waals surface area contributed by atoms with Crippen LogP contribution in [-0.2, 0) is 5.41 Å². The number of rotatable bonds is 3. The molecule has 6 rings (SSSR count). The maximum absolute atomic E-state index is 10.9. The number of pyridine rings is 2. The van der Waals surface area contributed by atoms with Crippen molar-refractivity contribution < 1.29 is 17.4 Å². The summed E-state index contributed by atoms with van der Waals surface area (Å²) in [5, 5.41) is 10.9. The van der Waals surface area contributed by atoms with Crippen molar-refractivity contribution >= 4 is 39.5 Å². The van der Waals surface area contributed by atoms with Gasteiger partial charge in [-0.3, -0.25) is 4.90 Å². The average Bonchev–Trinajstić information content (AvgIpc) is 3.00. The van der Waals surface area contributed by atoms with E-state index in [4.69, 9.17) is 12.3 Å². The van der Waals surface area contributed by atoms with Gasteiger partial charge in [0.15, 0.2) is 0 Å². The second kappa shape index (κ2) is 9.12. The zero-order valence-corrected chi connectivity index (χ0v) is 21.9. The molecule has 1 N–H and O–H groups in total. The number of aromatic hydroxyl groups is 1. The molecule has 3 heterocycles. The number of phenolic OH excluding ortho intramolecular Hbond substituents is 1.